The molecule has 5 rings (SSSR count). The average Bonchev–Trinajstić information content (AvgIpc) is 3.42. The minimum atomic E-state index is 0.856. The van der Waals surface area contributed by atoms with Crippen molar-refractivity contribution in [2.75, 3.05) is 49.1 Å². The van der Waals surface area contributed by atoms with Gasteiger partial charge in [0.15, 0.2) is 0 Å². The smallest absolute Gasteiger partial charge is 0.139 e. The van der Waals surface area contributed by atoms with E-state index in [0.717, 1.165) is 62.8 Å². The SMILES string of the molecule is c1nc(N2CCCC2)c2cc(N3CCN(Cc4ccon4)CC3)ccc2n1. The lowest BCUT2D eigenvalue weighted by molar-refractivity contribution is 0.242. The summed E-state index contributed by atoms with van der Waals surface area (Å²) in [7, 11) is 0. The molecule has 140 valence electrons. The first-order chi connectivity index (χ1) is 13.4. The topological polar surface area (TPSA) is 61.5 Å². The second-order valence-corrected chi connectivity index (χ2v) is 7.35. The quantitative estimate of drug-likeness (QED) is 0.705. The van der Waals surface area contributed by atoms with E-state index in [1.165, 1.54) is 23.9 Å². The monoisotopic (exact) mass is 364 g/mol. The molecule has 0 saturated carbocycles. The lowest BCUT2D eigenvalue weighted by atomic mass is 10.1. The molecule has 3 aromatic rings. The Morgan fingerprint density at radius 2 is 1.74 bits per heavy atom. The van der Waals surface area contributed by atoms with E-state index in [-0.39, 0.29) is 0 Å². The van der Waals surface area contributed by atoms with Crippen molar-refractivity contribution in [1.29, 1.82) is 0 Å². The highest BCUT2D eigenvalue weighted by Gasteiger charge is 2.20. The van der Waals surface area contributed by atoms with Gasteiger partial charge in [-0.05, 0) is 31.0 Å². The Balaban J connectivity index is 1.34. The zero-order valence-electron chi connectivity index (χ0n) is 15.4. The number of rotatable bonds is 4. The molecule has 0 aliphatic carbocycles. The summed E-state index contributed by atoms with van der Waals surface area (Å²) in [4.78, 5) is 16.3. The Morgan fingerprint density at radius 1 is 0.889 bits per heavy atom. The molecule has 0 unspecified atom stereocenters. The van der Waals surface area contributed by atoms with Gasteiger partial charge in [0, 0.05) is 63.0 Å². The molecule has 7 nitrogen and oxygen atoms in total. The fourth-order valence-corrected chi connectivity index (χ4v) is 4.12. The molecule has 0 atom stereocenters. The minimum absolute atomic E-state index is 0.856. The summed E-state index contributed by atoms with van der Waals surface area (Å²) >= 11 is 0. The maximum absolute atomic E-state index is 4.94. The number of piperazine rings is 1. The normalized spacial score (nSPS) is 18.5. The molecule has 0 radical (unpaired) electrons. The molecular formula is C20H24N6O. The van der Waals surface area contributed by atoms with Crippen molar-refractivity contribution >= 4 is 22.4 Å². The maximum Gasteiger partial charge on any atom is 0.139 e. The minimum Gasteiger partial charge on any atom is -0.369 e. The summed E-state index contributed by atoms with van der Waals surface area (Å²) in [5.74, 6) is 1.09. The summed E-state index contributed by atoms with van der Waals surface area (Å²) in [6.07, 6.45) is 5.83. The standard InChI is InChI=1S/C20H24N6O/c1-2-7-26(6-1)20-18-13-17(3-4-19(18)21-15-22-20)25-10-8-24(9-11-25)14-16-5-12-27-23-16/h3-5,12-13,15H,1-2,6-11,14H2. The van der Waals surface area contributed by atoms with Crippen molar-refractivity contribution in [3.05, 3.63) is 42.5 Å². The molecule has 27 heavy (non-hydrogen) atoms. The van der Waals surface area contributed by atoms with Gasteiger partial charge in [0.2, 0.25) is 0 Å². The Morgan fingerprint density at radius 3 is 2.52 bits per heavy atom. The second kappa shape index (κ2) is 7.15. The molecule has 4 heterocycles. The van der Waals surface area contributed by atoms with Crippen LogP contribution in [0.5, 0.6) is 0 Å². The zero-order valence-corrected chi connectivity index (χ0v) is 15.4. The summed E-state index contributed by atoms with van der Waals surface area (Å²) in [6.45, 7) is 7.11. The number of anilines is 2. The van der Waals surface area contributed by atoms with Crippen LogP contribution >= 0.6 is 0 Å². The lowest BCUT2D eigenvalue weighted by Crippen LogP contribution is -2.46. The predicted molar refractivity (Wildman–Crippen MR) is 105 cm³/mol. The zero-order chi connectivity index (χ0) is 18.1. The molecular weight excluding hydrogens is 340 g/mol. The Hall–Kier alpha value is -2.67. The van der Waals surface area contributed by atoms with Crippen molar-refractivity contribution in [3.8, 4) is 0 Å². The van der Waals surface area contributed by atoms with Gasteiger partial charge in [-0.25, -0.2) is 9.97 Å². The number of hydrogen-bond acceptors (Lipinski definition) is 7. The Labute approximate surface area is 158 Å². The van der Waals surface area contributed by atoms with Gasteiger partial charge < -0.3 is 14.3 Å². The van der Waals surface area contributed by atoms with Crippen molar-refractivity contribution < 1.29 is 4.52 Å². The third-order valence-electron chi connectivity index (χ3n) is 5.62. The Kier molecular flexibility index (Phi) is 4.37. The number of benzene rings is 1. The fraction of sp³-hybridized carbons (Fsp3) is 0.450. The van der Waals surface area contributed by atoms with Gasteiger partial charge >= 0.3 is 0 Å². The summed E-state index contributed by atoms with van der Waals surface area (Å²) in [6, 6.07) is 8.54. The van der Waals surface area contributed by atoms with Crippen LogP contribution in [0.15, 0.2) is 41.4 Å². The first kappa shape index (κ1) is 16.5. The molecule has 7 heteroatoms. The third-order valence-corrected chi connectivity index (χ3v) is 5.62. The van der Waals surface area contributed by atoms with Crippen LogP contribution in [0.3, 0.4) is 0 Å². The van der Waals surface area contributed by atoms with Gasteiger partial charge in [-0.3, -0.25) is 4.90 Å². The average molecular weight is 364 g/mol. The van der Waals surface area contributed by atoms with E-state index in [2.05, 4.69) is 48.0 Å². The molecule has 0 spiro atoms. The summed E-state index contributed by atoms with van der Waals surface area (Å²) < 4.78 is 4.94. The summed E-state index contributed by atoms with van der Waals surface area (Å²) in [5, 5.41) is 5.19. The highest BCUT2D eigenvalue weighted by atomic mass is 16.5. The van der Waals surface area contributed by atoms with Crippen molar-refractivity contribution in [2.45, 2.75) is 19.4 Å². The Bertz CT molecular complexity index is 898. The van der Waals surface area contributed by atoms with Crippen molar-refractivity contribution in [3.63, 3.8) is 0 Å². The first-order valence-electron chi connectivity index (χ1n) is 9.73. The number of aromatic nitrogens is 3. The van der Waals surface area contributed by atoms with E-state index in [9.17, 15) is 0 Å². The number of nitrogens with zero attached hydrogens (tertiary/aromatic N) is 6. The van der Waals surface area contributed by atoms with Gasteiger partial charge in [0.1, 0.15) is 18.4 Å². The van der Waals surface area contributed by atoms with Crippen LogP contribution in [0.4, 0.5) is 11.5 Å². The van der Waals surface area contributed by atoms with Crippen molar-refractivity contribution in [1.82, 2.24) is 20.0 Å². The van der Waals surface area contributed by atoms with Gasteiger partial charge in [-0.1, -0.05) is 5.16 Å². The lowest BCUT2D eigenvalue weighted by Gasteiger charge is -2.35. The van der Waals surface area contributed by atoms with Gasteiger partial charge in [-0.2, -0.15) is 0 Å². The van der Waals surface area contributed by atoms with Crippen molar-refractivity contribution in [2.24, 2.45) is 0 Å². The van der Waals surface area contributed by atoms with Crippen LogP contribution in [-0.4, -0.2) is 59.3 Å². The largest absolute Gasteiger partial charge is 0.369 e. The van der Waals surface area contributed by atoms with Gasteiger partial charge in [0.25, 0.3) is 0 Å². The highest BCUT2D eigenvalue weighted by Crippen LogP contribution is 2.30. The highest BCUT2D eigenvalue weighted by molar-refractivity contribution is 5.92. The number of fused-ring (bicyclic) bond motifs is 1. The molecule has 2 aliphatic heterocycles. The van der Waals surface area contributed by atoms with Crippen LogP contribution in [-0.2, 0) is 6.54 Å². The second-order valence-electron chi connectivity index (χ2n) is 7.35. The van der Waals surface area contributed by atoms with Crippen LogP contribution in [0.1, 0.15) is 18.5 Å². The van der Waals surface area contributed by atoms with E-state index in [0.29, 0.717) is 0 Å². The van der Waals surface area contributed by atoms with Gasteiger partial charge in [-0.15, -0.1) is 0 Å². The third kappa shape index (κ3) is 3.35. The molecule has 2 aliphatic rings. The fourth-order valence-electron chi connectivity index (χ4n) is 4.12. The van der Waals surface area contributed by atoms with E-state index in [4.69, 9.17) is 4.52 Å². The molecule has 1 aromatic carbocycles. The maximum atomic E-state index is 4.94. The molecule has 2 saturated heterocycles. The molecule has 0 bridgehead atoms. The van der Waals surface area contributed by atoms with Crippen LogP contribution in [0, 0.1) is 0 Å². The van der Waals surface area contributed by atoms with E-state index in [1.54, 1.807) is 12.6 Å². The number of hydrogen-bond donors (Lipinski definition) is 0. The molecule has 0 amide bonds. The molecule has 2 fully saturated rings. The molecule has 2 aromatic heterocycles. The molecule has 0 N–H and O–H groups in total. The van der Waals surface area contributed by atoms with Crippen LogP contribution < -0.4 is 9.80 Å². The van der Waals surface area contributed by atoms with Gasteiger partial charge in [0.05, 0.1) is 11.2 Å². The predicted octanol–water partition coefficient (Wildman–Crippen LogP) is 2.54. The van der Waals surface area contributed by atoms with Crippen LogP contribution in [0.25, 0.3) is 10.9 Å². The summed E-state index contributed by atoms with van der Waals surface area (Å²) in [5.41, 5.74) is 3.29. The van der Waals surface area contributed by atoms with E-state index in [1.807, 2.05) is 6.07 Å². The van der Waals surface area contributed by atoms with E-state index >= 15 is 0 Å². The van der Waals surface area contributed by atoms with Crippen LogP contribution in [0.2, 0.25) is 0 Å². The first-order valence-corrected chi connectivity index (χ1v) is 9.73. The van der Waals surface area contributed by atoms with E-state index < -0.39 is 0 Å².